The zero-order chi connectivity index (χ0) is 21.8. The highest BCUT2D eigenvalue weighted by Gasteiger charge is 2.13. The van der Waals surface area contributed by atoms with Crippen molar-refractivity contribution in [2.45, 2.75) is 60.3 Å². The van der Waals surface area contributed by atoms with Crippen LogP contribution in [0.25, 0.3) is 0 Å². The summed E-state index contributed by atoms with van der Waals surface area (Å²) in [6.07, 6.45) is 10.6. The van der Waals surface area contributed by atoms with Crippen molar-refractivity contribution in [3.05, 3.63) is 88.2 Å². The van der Waals surface area contributed by atoms with Gasteiger partial charge in [0.05, 0.1) is 0 Å². The van der Waals surface area contributed by atoms with Gasteiger partial charge >= 0.3 is 0 Å². The Labute approximate surface area is 183 Å². The predicted octanol–water partition coefficient (Wildman–Crippen LogP) is 7.57. The number of benzene rings is 1. The van der Waals surface area contributed by atoms with E-state index >= 15 is 0 Å². The van der Waals surface area contributed by atoms with Crippen LogP contribution in [0.15, 0.2) is 82.6 Å². The smallest absolute Gasteiger partial charge is 0.115 e. The molecule has 2 nitrogen and oxygen atoms in total. The summed E-state index contributed by atoms with van der Waals surface area (Å²) < 4.78 is 0. The zero-order valence-electron chi connectivity index (χ0n) is 18.7. The van der Waals surface area contributed by atoms with Gasteiger partial charge in [0.15, 0.2) is 0 Å². The molecule has 0 unspecified atom stereocenters. The van der Waals surface area contributed by atoms with Gasteiger partial charge in [0.1, 0.15) is 5.75 Å². The fraction of sp³-hybridized carbons (Fsp3) is 0.385. The van der Waals surface area contributed by atoms with Crippen molar-refractivity contribution in [1.29, 1.82) is 0 Å². The Hall–Kier alpha value is -2.13. The van der Waals surface area contributed by atoms with E-state index in [1.54, 1.807) is 17.5 Å². The Morgan fingerprint density at radius 2 is 1.79 bits per heavy atom. The molecule has 0 heterocycles. The lowest BCUT2D eigenvalue weighted by Gasteiger charge is -2.30. The lowest BCUT2D eigenvalue weighted by Crippen LogP contribution is -2.24. The van der Waals surface area contributed by atoms with Crippen molar-refractivity contribution >= 4 is 12.6 Å². The van der Waals surface area contributed by atoms with Crippen molar-refractivity contribution in [3.8, 4) is 5.75 Å². The maximum Gasteiger partial charge on any atom is 0.115 e. The van der Waals surface area contributed by atoms with Crippen LogP contribution < -0.4 is 0 Å². The summed E-state index contributed by atoms with van der Waals surface area (Å²) in [5.74, 6) is 0.315. The van der Waals surface area contributed by atoms with Crippen LogP contribution in [0.3, 0.4) is 0 Å². The number of rotatable bonds is 11. The van der Waals surface area contributed by atoms with Crippen LogP contribution in [0.5, 0.6) is 5.75 Å². The second kappa shape index (κ2) is 13.2. The van der Waals surface area contributed by atoms with E-state index in [9.17, 15) is 5.11 Å². The van der Waals surface area contributed by atoms with E-state index in [1.165, 1.54) is 28.0 Å². The molecule has 0 aromatic heterocycles. The Bertz CT molecular complexity index is 781. The van der Waals surface area contributed by atoms with Crippen LogP contribution >= 0.6 is 12.6 Å². The van der Waals surface area contributed by atoms with Crippen molar-refractivity contribution < 1.29 is 5.11 Å². The summed E-state index contributed by atoms with van der Waals surface area (Å²) in [6, 6.07) is 7.50. The Balaban J connectivity index is 2.99. The highest BCUT2D eigenvalue weighted by molar-refractivity contribution is 7.83. The molecule has 0 bridgehead atoms. The normalized spacial score (nSPS) is 13.6. The van der Waals surface area contributed by atoms with Gasteiger partial charge in [0.25, 0.3) is 0 Å². The first-order valence-corrected chi connectivity index (χ1v) is 10.9. The Morgan fingerprint density at radius 3 is 2.34 bits per heavy atom. The van der Waals surface area contributed by atoms with Gasteiger partial charge < -0.3 is 10.0 Å². The maximum absolute atomic E-state index is 9.47. The largest absolute Gasteiger partial charge is 0.508 e. The molecule has 29 heavy (non-hydrogen) atoms. The summed E-state index contributed by atoms with van der Waals surface area (Å²) in [4.78, 5) is 2.37. The molecule has 1 aromatic rings. The predicted molar refractivity (Wildman–Crippen MR) is 131 cm³/mol. The summed E-state index contributed by atoms with van der Waals surface area (Å²) >= 11 is 4.17. The molecule has 1 N–H and O–H groups in total. The SMILES string of the molecule is C=C(/C(C)=C/C(C)=C(C)/C=C\S)N(CCCc1ccc(O)cc1)/C(=C\C)CCC. The zero-order valence-corrected chi connectivity index (χ0v) is 19.6. The average molecular weight is 412 g/mol. The van der Waals surface area contributed by atoms with Crippen LogP contribution in [0.1, 0.15) is 59.4 Å². The lowest BCUT2D eigenvalue weighted by molar-refractivity contribution is 0.406. The van der Waals surface area contributed by atoms with Crippen molar-refractivity contribution in [2.24, 2.45) is 0 Å². The van der Waals surface area contributed by atoms with Crippen LogP contribution in [0.4, 0.5) is 0 Å². The number of aromatic hydroxyl groups is 1. The molecule has 0 spiro atoms. The monoisotopic (exact) mass is 411 g/mol. The summed E-state index contributed by atoms with van der Waals surface area (Å²) in [5, 5.41) is 11.2. The second-order valence-electron chi connectivity index (χ2n) is 7.41. The maximum atomic E-state index is 9.47. The van der Waals surface area contributed by atoms with Crippen LogP contribution in [-0.2, 0) is 6.42 Å². The van der Waals surface area contributed by atoms with Crippen LogP contribution in [0.2, 0.25) is 0 Å². The molecular formula is C26H37NOS. The molecule has 0 saturated heterocycles. The van der Waals surface area contributed by atoms with Crippen molar-refractivity contribution in [2.75, 3.05) is 6.54 Å². The topological polar surface area (TPSA) is 23.5 Å². The summed E-state index contributed by atoms with van der Waals surface area (Å²) in [6.45, 7) is 16.0. The molecule has 0 radical (unpaired) electrons. The molecule has 158 valence electrons. The quantitative estimate of drug-likeness (QED) is 0.290. The van der Waals surface area contributed by atoms with Gasteiger partial charge in [-0.15, -0.1) is 0 Å². The van der Waals surface area contributed by atoms with Crippen LogP contribution in [-0.4, -0.2) is 16.6 Å². The number of nitrogens with zero attached hydrogens (tertiary/aromatic N) is 1. The van der Waals surface area contributed by atoms with E-state index in [1.807, 2.05) is 18.2 Å². The number of phenols is 1. The third-order valence-electron chi connectivity index (χ3n) is 5.13. The number of allylic oxidation sites excluding steroid dienone is 7. The van der Waals surface area contributed by atoms with E-state index in [-0.39, 0.29) is 0 Å². The Morgan fingerprint density at radius 1 is 1.14 bits per heavy atom. The molecule has 0 aliphatic heterocycles. The first kappa shape index (κ1) is 24.9. The third-order valence-corrected chi connectivity index (χ3v) is 5.28. The van der Waals surface area contributed by atoms with Gasteiger partial charge in [0.2, 0.25) is 0 Å². The van der Waals surface area contributed by atoms with Gasteiger partial charge in [-0.1, -0.05) is 50.3 Å². The fourth-order valence-electron chi connectivity index (χ4n) is 3.23. The van der Waals surface area contributed by atoms with E-state index in [2.05, 4.69) is 70.9 Å². The van der Waals surface area contributed by atoms with Gasteiger partial charge in [0, 0.05) is 17.9 Å². The number of phenolic OH excluding ortho intramolecular Hbond substituents is 1. The highest BCUT2D eigenvalue weighted by atomic mass is 32.1. The third kappa shape index (κ3) is 8.41. The van der Waals surface area contributed by atoms with Crippen LogP contribution in [0, 0.1) is 0 Å². The molecule has 1 aromatic carbocycles. The van der Waals surface area contributed by atoms with Crippen molar-refractivity contribution in [3.63, 3.8) is 0 Å². The molecule has 0 atom stereocenters. The minimum Gasteiger partial charge on any atom is -0.508 e. The second-order valence-corrected chi connectivity index (χ2v) is 7.71. The van der Waals surface area contributed by atoms with Gasteiger partial charge in [-0.2, -0.15) is 12.6 Å². The van der Waals surface area contributed by atoms with Gasteiger partial charge in [-0.25, -0.2) is 0 Å². The first-order chi connectivity index (χ1) is 13.8. The molecule has 0 amide bonds. The lowest BCUT2D eigenvalue weighted by atomic mass is 10.0. The molecule has 0 fully saturated rings. The fourth-order valence-corrected chi connectivity index (χ4v) is 3.45. The molecule has 1 rings (SSSR count). The number of hydrogen-bond acceptors (Lipinski definition) is 3. The van der Waals surface area contributed by atoms with E-state index in [0.29, 0.717) is 5.75 Å². The number of thiol groups is 1. The van der Waals surface area contributed by atoms with E-state index in [4.69, 9.17) is 0 Å². The van der Waals surface area contributed by atoms with E-state index in [0.717, 1.165) is 37.9 Å². The first-order valence-electron chi connectivity index (χ1n) is 10.4. The average Bonchev–Trinajstić information content (AvgIpc) is 2.70. The minimum atomic E-state index is 0.315. The van der Waals surface area contributed by atoms with Crippen molar-refractivity contribution in [1.82, 2.24) is 4.90 Å². The van der Waals surface area contributed by atoms with Gasteiger partial charge in [-0.3, -0.25) is 0 Å². The minimum absolute atomic E-state index is 0.315. The molecule has 0 aliphatic rings. The molecule has 0 saturated carbocycles. The number of hydrogen-bond donors (Lipinski definition) is 2. The Kier molecular flexibility index (Phi) is 11.3. The molecule has 0 aliphatic carbocycles. The summed E-state index contributed by atoms with van der Waals surface area (Å²) in [7, 11) is 0. The molecular weight excluding hydrogens is 374 g/mol. The highest BCUT2D eigenvalue weighted by Crippen LogP contribution is 2.24. The number of aryl methyl sites for hydroxylation is 1. The summed E-state index contributed by atoms with van der Waals surface area (Å²) in [5.41, 5.74) is 7.21. The molecule has 3 heteroatoms. The van der Waals surface area contributed by atoms with Gasteiger partial charge in [-0.05, 0) is 86.8 Å². The standard InChI is InChI=1S/C26H37NOS/c1-7-10-25(8-2)27(17-9-11-24-12-14-26(28)15-13-24)23(6)22(5)19-21(4)20(3)16-18-29/h8,12-16,18-19,28-29H,6-7,9-11,17H2,1-5H3/b18-16-,21-20+,22-19+,25-8-. The van der Waals surface area contributed by atoms with E-state index < -0.39 is 0 Å².